The summed E-state index contributed by atoms with van der Waals surface area (Å²) >= 11 is 0. The lowest BCUT2D eigenvalue weighted by atomic mass is 10.0. The largest absolute Gasteiger partial charge is 0.485 e. The van der Waals surface area contributed by atoms with Crippen molar-refractivity contribution < 1.29 is 14.3 Å². The highest BCUT2D eigenvalue weighted by Crippen LogP contribution is 2.31. The zero-order chi connectivity index (χ0) is 12.4. The average molecular weight is 242 g/mol. The van der Waals surface area contributed by atoms with Gasteiger partial charge >= 0.3 is 0 Å². The van der Waals surface area contributed by atoms with Crippen LogP contribution in [0, 0.1) is 0 Å². The SMILES string of the molecule is O=Cc1ccc([C@H]2COC3CC=CC=C3O2)cc1. The number of fused-ring (bicyclic) bond motifs is 1. The van der Waals surface area contributed by atoms with E-state index in [2.05, 4.69) is 6.08 Å². The highest BCUT2D eigenvalue weighted by Gasteiger charge is 2.28. The van der Waals surface area contributed by atoms with Crippen molar-refractivity contribution >= 4 is 6.29 Å². The Morgan fingerprint density at radius 2 is 2.00 bits per heavy atom. The Kier molecular flexibility index (Phi) is 2.99. The third kappa shape index (κ3) is 2.09. The van der Waals surface area contributed by atoms with E-state index in [0.717, 1.165) is 24.0 Å². The van der Waals surface area contributed by atoms with Gasteiger partial charge in [0.05, 0.1) is 6.61 Å². The molecule has 3 nitrogen and oxygen atoms in total. The first-order chi connectivity index (χ1) is 8.86. The molecule has 0 radical (unpaired) electrons. The minimum Gasteiger partial charge on any atom is -0.485 e. The first kappa shape index (κ1) is 11.2. The molecule has 1 aromatic rings. The van der Waals surface area contributed by atoms with Gasteiger partial charge < -0.3 is 9.47 Å². The van der Waals surface area contributed by atoms with E-state index in [1.54, 1.807) is 12.1 Å². The van der Waals surface area contributed by atoms with Crippen LogP contribution in [0.15, 0.2) is 48.3 Å². The molecule has 3 rings (SSSR count). The zero-order valence-electron chi connectivity index (χ0n) is 9.91. The van der Waals surface area contributed by atoms with Crippen LogP contribution in [0.1, 0.15) is 28.4 Å². The monoisotopic (exact) mass is 242 g/mol. The number of hydrogen-bond acceptors (Lipinski definition) is 3. The van der Waals surface area contributed by atoms with Gasteiger partial charge in [-0.2, -0.15) is 0 Å². The van der Waals surface area contributed by atoms with Gasteiger partial charge in [0.15, 0.2) is 0 Å². The van der Waals surface area contributed by atoms with E-state index in [1.165, 1.54) is 0 Å². The van der Waals surface area contributed by atoms with E-state index in [1.807, 2.05) is 24.3 Å². The van der Waals surface area contributed by atoms with Gasteiger partial charge in [0.1, 0.15) is 24.3 Å². The van der Waals surface area contributed by atoms with Crippen LogP contribution in [0.3, 0.4) is 0 Å². The van der Waals surface area contributed by atoms with Crippen LogP contribution in [-0.4, -0.2) is 19.0 Å². The number of rotatable bonds is 2. The van der Waals surface area contributed by atoms with Gasteiger partial charge in [-0.15, -0.1) is 0 Å². The topological polar surface area (TPSA) is 35.5 Å². The molecule has 0 aromatic heterocycles. The predicted octanol–water partition coefficient (Wildman–Crippen LogP) is 2.80. The number of carbonyl (C=O) groups excluding carboxylic acids is 1. The second kappa shape index (κ2) is 4.78. The molecule has 2 atom stereocenters. The first-order valence-electron chi connectivity index (χ1n) is 6.07. The summed E-state index contributed by atoms with van der Waals surface area (Å²) in [4.78, 5) is 10.6. The van der Waals surface area contributed by atoms with E-state index < -0.39 is 0 Å². The summed E-state index contributed by atoms with van der Waals surface area (Å²) in [7, 11) is 0. The molecule has 18 heavy (non-hydrogen) atoms. The summed E-state index contributed by atoms with van der Waals surface area (Å²) in [6.45, 7) is 0.552. The van der Waals surface area contributed by atoms with Crippen LogP contribution < -0.4 is 0 Å². The molecule has 0 bridgehead atoms. The maximum Gasteiger partial charge on any atom is 0.150 e. The van der Waals surface area contributed by atoms with Gasteiger partial charge in [0.25, 0.3) is 0 Å². The Hall–Kier alpha value is -1.87. The molecule has 0 amide bonds. The third-order valence-electron chi connectivity index (χ3n) is 3.24. The van der Waals surface area contributed by atoms with Gasteiger partial charge in [0, 0.05) is 5.56 Å². The fraction of sp³-hybridized carbons (Fsp3) is 0.267. The maximum absolute atomic E-state index is 10.6. The summed E-state index contributed by atoms with van der Waals surface area (Å²) in [5.74, 6) is 0.896. The Morgan fingerprint density at radius 3 is 2.78 bits per heavy atom. The Labute approximate surface area is 106 Å². The number of carbonyl (C=O) groups is 1. The van der Waals surface area contributed by atoms with E-state index in [9.17, 15) is 4.79 Å². The molecular formula is C15H14O3. The third-order valence-corrected chi connectivity index (χ3v) is 3.24. The van der Waals surface area contributed by atoms with Crippen LogP contribution >= 0.6 is 0 Å². The van der Waals surface area contributed by atoms with E-state index >= 15 is 0 Å². The molecule has 1 aliphatic heterocycles. The molecule has 0 N–H and O–H groups in total. The second-order valence-electron chi connectivity index (χ2n) is 4.45. The lowest BCUT2D eigenvalue weighted by Crippen LogP contribution is -2.29. The molecule has 3 heteroatoms. The lowest BCUT2D eigenvalue weighted by molar-refractivity contribution is -0.0894. The average Bonchev–Trinajstić information content (AvgIpc) is 2.47. The fourth-order valence-electron chi connectivity index (χ4n) is 2.21. The number of aldehydes is 1. The Morgan fingerprint density at radius 1 is 1.17 bits per heavy atom. The number of hydrogen-bond donors (Lipinski definition) is 0. The second-order valence-corrected chi connectivity index (χ2v) is 4.45. The number of ether oxygens (including phenoxy) is 2. The van der Waals surface area contributed by atoms with Gasteiger partial charge in [-0.1, -0.05) is 36.4 Å². The van der Waals surface area contributed by atoms with Crippen molar-refractivity contribution in [1.82, 2.24) is 0 Å². The van der Waals surface area contributed by atoms with Gasteiger partial charge in [-0.3, -0.25) is 4.79 Å². The molecule has 92 valence electrons. The van der Waals surface area contributed by atoms with Crippen LogP contribution in [0.5, 0.6) is 0 Å². The molecular weight excluding hydrogens is 228 g/mol. The molecule has 1 fully saturated rings. The fourth-order valence-corrected chi connectivity index (χ4v) is 2.21. The molecule has 0 spiro atoms. The van der Waals surface area contributed by atoms with Crippen LogP contribution in [0.2, 0.25) is 0 Å². The summed E-state index contributed by atoms with van der Waals surface area (Å²) in [6, 6.07) is 7.43. The molecule has 1 heterocycles. The summed E-state index contributed by atoms with van der Waals surface area (Å²) in [6.07, 6.45) is 7.74. The van der Waals surface area contributed by atoms with Crippen molar-refractivity contribution in [2.75, 3.05) is 6.61 Å². The van der Waals surface area contributed by atoms with Crippen LogP contribution in [-0.2, 0) is 9.47 Å². The first-order valence-corrected chi connectivity index (χ1v) is 6.07. The van der Waals surface area contributed by atoms with Crippen LogP contribution in [0.25, 0.3) is 0 Å². The zero-order valence-corrected chi connectivity index (χ0v) is 9.91. The highest BCUT2D eigenvalue weighted by molar-refractivity contribution is 5.74. The minimum absolute atomic E-state index is 0.0699. The molecule has 1 unspecified atom stereocenters. The van der Waals surface area contributed by atoms with E-state index in [0.29, 0.717) is 12.2 Å². The Bertz CT molecular complexity index is 499. The molecule has 1 aliphatic carbocycles. The summed E-state index contributed by atoms with van der Waals surface area (Å²) in [5.41, 5.74) is 1.71. The molecule has 1 aromatic carbocycles. The minimum atomic E-state index is -0.0836. The van der Waals surface area contributed by atoms with Crippen LogP contribution in [0.4, 0.5) is 0 Å². The molecule has 1 saturated heterocycles. The molecule has 2 aliphatic rings. The smallest absolute Gasteiger partial charge is 0.150 e. The van der Waals surface area contributed by atoms with Crippen molar-refractivity contribution in [2.24, 2.45) is 0 Å². The standard InChI is InChI=1S/C15H14O3/c16-9-11-5-7-12(8-6-11)15-10-17-13-3-1-2-4-14(13)18-15/h1-2,4-9,13,15H,3,10H2/t13?,15-/m1/s1. The van der Waals surface area contributed by atoms with Crippen molar-refractivity contribution in [2.45, 2.75) is 18.6 Å². The Balaban J connectivity index is 1.78. The van der Waals surface area contributed by atoms with Crippen molar-refractivity contribution in [1.29, 1.82) is 0 Å². The van der Waals surface area contributed by atoms with E-state index in [-0.39, 0.29) is 12.2 Å². The number of benzene rings is 1. The quantitative estimate of drug-likeness (QED) is 0.748. The van der Waals surface area contributed by atoms with Gasteiger partial charge in [-0.25, -0.2) is 0 Å². The summed E-state index contributed by atoms with van der Waals surface area (Å²) in [5, 5.41) is 0. The van der Waals surface area contributed by atoms with Crippen molar-refractivity contribution in [3.8, 4) is 0 Å². The normalized spacial score (nSPS) is 25.9. The molecule has 0 saturated carbocycles. The predicted molar refractivity (Wildman–Crippen MR) is 67.2 cm³/mol. The van der Waals surface area contributed by atoms with E-state index in [4.69, 9.17) is 9.47 Å². The lowest BCUT2D eigenvalue weighted by Gasteiger charge is -2.33. The van der Waals surface area contributed by atoms with Crippen molar-refractivity contribution in [3.05, 3.63) is 59.4 Å². The van der Waals surface area contributed by atoms with Crippen molar-refractivity contribution in [3.63, 3.8) is 0 Å². The maximum atomic E-state index is 10.6. The summed E-state index contributed by atoms with van der Waals surface area (Å²) < 4.78 is 11.7. The van der Waals surface area contributed by atoms with Gasteiger partial charge in [0.2, 0.25) is 0 Å². The highest BCUT2D eigenvalue weighted by atomic mass is 16.6. The number of allylic oxidation sites excluding steroid dienone is 2. The van der Waals surface area contributed by atoms with Gasteiger partial charge in [-0.05, 0) is 18.1 Å².